The summed E-state index contributed by atoms with van der Waals surface area (Å²) in [5, 5.41) is 132. The number of fused-ring (bicyclic) bond motifs is 7. The normalized spacial score (nSPS) is 58.2. The topological polar surface area (TPSA) is 335 Å². The van der Waals surface area contributed by atoms with Crippen molar-refractivity contribution in [3.05, 3.63) is 0 Å². The zero-order valence-electron chi connectivity index (χ0n) is 42.6. The molecule has 420 valence electrons. The van der Waals surface area contributed by atoms with Crippen LogP contribution >= 0.6 is 0 Å². The van der Waals surface area contributed by atoms with Gasteiger partial charge in [0.05, 0.1) is 57.5 Å². The predicted molar refractivity (Wildman–Crippen MR) is 247 cm³/mol. The molecule has 32 unspecified atom stereocenters. The second-order valence-corrected chi connectivity index (χ2v) is 24.4. The lowest BCUT2D eigenvalue weighted by atomic mass is 9.44. The van der Waals surface area contributed by atoms with Crippen molar-refractivity contribution in [2.24, 2.45) is 58.2 Å². The Morgan fingerprint density at radius 1 is 0.534 bits per heavy atom. The van der Waals surface area contributed by atoms with E-state index in [4.69, 9.17) is 47.4 Å². The van der Waals surface area contributed by atoms with Crippen molar-refractivity contribution in [1.29, 1.82) is 0 Å². The lowest BCUT2D eigenvalue weighted by Crippen LogP contribution is -2.68. The Labute approximate surface area is 426 Å². The fraction of sp³-hybridized carbons (Fsp3) is 1.00. The first-order valence-electron chi connectivity index (χ1n) is 27.1. The fourth-order valence-corrected chi connectivity index (χ4v) is 16.1. The first-order valence-corrected chi connectivity index (χ1v) is 27.1. The van der Waals surface area contributed by atoms with Crippen LogP contribution in [0.15, 0.2) is 0 Å². The maximum Gasteiger partial charge on any atom is 0.187 e. The molecule has 0 aromatic rings. The van der Waals surface area contributed by atoms with Crippen molar-refractivity contribution in [3.63, 3.8) is 0 Å². The van der Waals surface area contributed by atoms with Gasteiger partial charge in [0, 0.05) is 18.3 Å². The lowest BCUT2D eigenvalue weighted by Gasteiger charge is -2.62. The molecule has 22 heteroatoms. The van der Waals surface area contributed by atoms with Crippen molar-refractivity contribution < 1.29 is 109 Å². The van der Waals surface area contributed by atoms with E-state index < -0.39 is 154 Å². The minimum Gasteiger partial charge on any atom is -0.394 e. The number of aliphatic hydroxyl groups is 12. The third-order valence-electron chi connectivity index (χ3n) is 20.4. The van der Waals surface area contributed by atoms with Crippen LogP contribution in [0.5, 0.6) is 0 Å². The van der Waals surface area contributed by atoms with E-state index in [0.29, 0.717) is 48.3 Å². The van der Waals surface area contributed by atoms with Gasteiger partial charge in [-0.25, -0.2) is 0 Å². The van der Waals surface area contributed by atoms with Crippen LogP contribution in [-0.2, 0) is 47.4 Å². The van der Waals surface area contributed by atoms with Crippen LogP contribution < -0.4 is 0 Å². The highest BCUT2D eigenvalue weighted by Gasteiger charge is 2.70. The number of rotatable bonds is 11. The molecule has 10 aliphatic rings. The molecule has 4 aliphatic carbocycles. The predicted octanol–water partition coefficient (Wildman–Crippen LogP) is -2.02. The first-order chi connectivity index (χ1) is 34.7. The molecule has 0 radical (unpaired) electrons. The van der Waals surface area contributed by atoms with Gasteiger partial charge in [-0.2, -0.15) is 0 Å². The lowest BCUT2D eigenvalue weighted by molar-refractivity contribution is -0.403. The highest BCUT2D eigenvalue weighted by atomic mass is 16.8. The average Bonchev–Trinajstić information content (AvgIpc) is 3.82. The van der Waals surface area contributed by atoms with Gasteiger partial charge in [-0.05, 0) is 97.7 Å². The quantitative estimate of drug-likeness (QED) is 0.0994. The van der Waals surface area contributed by atoms with Gasteiger partial charge in [-0.1, -0.05) is 34.6 Å². The molecule has 4 saturated carbocycles. The summed E-state index contributed by atoms with van der Waals surface area (Å²) in [6.45, 7) is 8.95. The summed E-state index contributed by atoms with van der Waals surface area (Å²) in [6, 6.07) is 0. The summed E-state index contributed by atoms with van der Waals surface area (Å²) in [5.41, 5.74) is -0.0359. The number of hydrogen-bond donors (Lipinski definition) is 12. The van der Waals surface area contributed by atoms with E-state index in [1.165, 1.54) is 0 Å². The van der Waals surface area contributed by atoms with Crippen LogP contribution in [0.1, 0.15) is 92.4 Å². The molecule has 0 bridgehead atoms. The van der Waals surface area contributed by atoms with Gasteiger partial charge in [-0.15, -0.1) is 0 Å². The molecule has 10 rings (SSSR count). The molecule has 6 saturated heterocycles. The van der Waals surface area contributed by atoms with Crippen LogP contribution in [0.3, 0.4) is 0 Å². The second kappa shape index (κ2) is 21.3. The highest BCUT2D eigenvalue weighted by molar-refractivity contribution is 5.16. The fourth-order valence-electron chi connectivity index (χ4n) is 16.1. The molecular formula is C51H84O22. The smallest absolute Gasteiger partial charge is 0.187 e. The molecule has 6 heterocycles. The van der Waals surface area contributed by atoms with Crippen molar-refractivity contribution in [2.45, 2.75) is 227 Å². The summed E-state index contributed by atoms with van der Waals surface area (Å²) in [4.78, 5) is 0. The molecule has 1 spiro atoms. The van der Waals surface area contributed by atoms with E-state index in [1.54, 1.807) is 6.92 Å². The molecule has 0 amide bonds. The summed E-state index contributed by atoms with van der Waals surface area (Å²) >= 11 is 0. The third kappa shape index (κ3) is 9.50. The van der Waals surface area contributed by atoms with Crippen molar-refractivity contribution in [1.82, 2.24) is 0 Å². The van der Waals surface area contributed by atoms with E-state index in [-0.39, 0.29) is 29.5 Å². The summed E-state index contributed by atoms with van der Waals surface area (Å²) in [7, 11) is 0. The molecule has 0 aromatic carbocycles. The zero-order valence-corrected chi connectivity index (χ0v) is 42.6. The Kier molecular flexibility index (Phi) is 16.2. The van der Waals surface area contributed by atoms with E-state index in [9.17, 15) is 61.3 Å². The Morgan fingerprint density at radius 3 is 1.88 bits per heavy atom. The Balaban J connectivity index is 0.824. The largest absolute Gasteiger partial charge is 0.394 e. The molecule has 0 aromatic heterocycles. The maximum atomic E-state index is 12.0. The first kappa shape index (κ1) is 55.4. The minimum atomic E-state index is -1.98. The Morgan fingerprint density at radius 2 is 1.18 bits per heavy atom. The summed E-state index contributed by atoms with van der Waals surface area (Å²) in [6.07, 6.45) is -23.4. The molecular weight excluding hydrogens is 965 g/mol. The van der Waals surface area contributed by atoms with Crippen LogP contribution in [0, 0.1) is 58.2 Å². The second-order valence-electron chi connectivity index (χ2n) is 24.4. The van der Waals surface area contributed by atoms with E-state index in [1.807, 2.05) is 0 Å². The molecule has 73 heavy (non-hydrogen) atoms. The number of hydrogen-bond acceptors (Lipinski definition) is 22. The van der Waals surface area contributed by atoms with E-state index in [2.05, 4.69) is 27.7 Å². The maximum absolute atomic E-state index is 12.0. The number of ether oxygens (including phenoxy) is 10. The number of aliphatic hydroxyl groups excluding tert-OH is 12. The molecule has 32 atom stereocenters. The van der Waals surface area contributed by atoms with E-state index in [0.717, 1.165) is 51.6 Å². The zero-order chi connectivity index (χ0) is 52.2. The van der Waals surface area contributed by atoms with Gasteiger partial charge in [0.15, 0.2) is 30.9 Å². The van der Waals surface area contributed by atoms with Crippen molar-refractivity contribution in [2.75, 3.05) is 33.0 Å². The van der Waals surface area contributed by atoms with Crippen LogP contribution in [0.25, 0.3) is 0 Å². The summed E-state index contributed by atoms with van der Waals surface area (Å²) < 4.78 is 61.7. The van der Waals surface area contributed by atoms with Gasteiger partial charge in [-0.3, -0.25) is 0 Å². The highest BCUT2D eigenvalue weighted by Crippen LogP contribution is 2.71. The molecule has 10 fully saturated rings. The molecule has 12 N–H and O–H groups in total. The van der Waals surface area contributed by atoms with Gasteiger partial charge >= 0.3 is 0 Å². The van der Waals surface area contributed by atoms with Gasteiger partial charge < -0.3 is 109 Å². The van der Waals surface area contributed by atoms with Crippen molar-refractivity contribution >= 4 is 0 Å². The summed E-state index contributed by atoms with van der Waals surface area (Å²) in [5.74, 6) is 1.63. The van der Waals surface area contributed by atoms with Gasteiger partial charge in [0.1, 0.15) is 79.4 Å². The van der Waals surface area contributed by atoms with E-state index >= 15 is 0 Å². The SMILES string of the molecule is CC1CCC2(OC1)OC1CC3C4CCC5CC(OC6OC(CO)C(OC7OC(CO)C(O)C(OC8OCC(O)C(C)C8O)C7OC7OC(CO)C(O)C(O)C7O)C(O)C6O)C(O)CC5(C)C4CCC3(C)C1C2C. The standard InChI is InChI=1S/C51H84O22/c1-20-8-11-51(65-18-20)22(3)34-30(73-51)13-26-24-7-6-23-12-29(27(55)14-50(23,5)25(24)9-10-49(26,34)4)66-46-41(63)39(61)42(33(17-54)69-46)70-48-44(72-47-40(62)38(60)36(58)31(15-52)67-47)43(37(59)32(16-53)68-48)71-45-35(57)21(2)28(56)19-64-45/h20-48,52-63H,6-19H2,1-5H3. The Bertz CT molecular complexity index is 1860. The van der Waals surface area contributed by atoms with Crippen LogP contribution in [-0.4, -0.2) is 229 Å². The van der Waals surface area contributed by atoms with Crippen molar-refractivity contribution in [3.8, 4) is 0 Å². The Hall–Kier alpha value is -0.880. The average molecular weight is 1050 g/mol. The van der Waals surface area contributed by atoms with Crippen LogP contribution in [0.4, 0.5) is 0 Å². The van der Waals surface area contributed by atoms with Gasteiger partial charge in [0.25, 0.3) is 0 Å². The third-order valence-corrected chi connectivity index (χ3v) is 20.4. The minimum absolute atomic E-state index is 0.139. The molecule has 6 aliphatic heterocycles. The van der Waals surface area contributed by atoms with Gasteiger partial charge in [0.2, 0.25) is 0 Å². The monoisotopic (exact) mass is 1050 g/mol. The molecule has 22 nitrogen and oxygen atoms in total. The van der Waals surface area contributed by atoms with Crippen LogP contribution in [0.2, 0.25) is 0 Å².